The standard InChI is InChI=1S/C22H26O7/c1-11-5-15(6-12(2)19(11)23)9-17(21(25)26)29-18(22(27)28)10-16-7-13(3)20(24)14(4)8-16/h5-8,17-18,23-24H,9-10H2,1-4H3,(H,25,26)(H,27,28). The van der Waals surface area contributed by atoms with Crippen LogP contribution in [0.15, 0.2) is 24.3 Å². The smallest absolute Gasteiger partial charge is 0.333 e. The predicted octanol–water partition coefficient (Wildman–Crippen LogP) is 3.04. The third-order valence-corrected chi connectivity index (χ3v) is 4.82. The lowest BCUT2D eigenvalue weighted by Crippen LogP contribution is -2.36. The van der Waals surface area contributed by atoms with Crippen molar-refractivity contribution in [1.82, 2.24) is 0 Å². The molecule has 2 rings (SSSR count). The fraction of sp³-hybridized carbons (Fsp3) is 0.364. The van der Waals surface area contributed by atoms with Crippen molar-refractivity contribution in [3.63, 3.8) is 0 Å². The summed E-state index contributed by atoms with van der Waals surface area (Å²) in [5.74, 6) is -2.25. The summed E-state index contributed by atoms with van der Waals surface area (Å²) in [6, 6.07) is 6.63. The average Bonchev–Trinajstić information content (AvgIpc) is 2.62. The third-order valence-electron chi connectivity index (χ3n) is 4.82. The van der Waals surface area contributed by atoms with E-state index in [2.05, 4.69) is 0 Å². The summed E-state index contributed by atoms with van der Waals surface area (Å²) in [7, 11) is 0. The molecule has 4 N–H and O–H groups in total. The number of rotatable bonds is 8. The number of phenols is 2. The predicted molar refractivity (Wildman–Crippen MR) is 107 cm³/mol. The summed E-state index contributed by atoms with van der Waals surface area (Å²) in [6.07, 6.45) is -2.79. The van der Waals surface area contributed by atoms with Crippen LogP contribution < -0.4 is 0 Å². The van der Waals surface area contributed by atoms with E-state index >= 15 is 0 Å². The van der Waals surface area contributed by atoms with Crippen LogP contribution in [0, 0.1) is 27.7 Å². The van der Waals surface area contributed by atoms with Gasteiger partial charge in [-0.25, -0.2) is 9.59 Å². The van der Waals surface area contributed by atoms with Crippen LogP contribution in [-0.4, -0.2) is 44.6 Å². The number of phenolic OH excluding ortho intramolecular Hbond substituents is 2. The van der Waals surface area contributed by atoms with Crippen molar-refractivity contribution >= 4 is 11.9 Å². The molecule has 0 bridgehead atoms. The Morgan fingerprint density at radius 2 is 1.00 bits per heavy atom. The van der Waals surface area contributed by atoms with Crippen LogP contribution in [0.5, 0.6) is 11.5 Å². The van der Waals surface area contributed by atoms with E-state index < -0.39 is 24.1 Å². The highest BCUT2D eigenvalue weighted by Gasteiger charge is 2.28. The highest BCUT2D eigenvalue weighted by atomic mass is 16.5. The molecule has 7 nitrogen and oxygen atoms in total. The molecule has 0 saturated carbocycles. The molecule has 0 aliphatic heterocycles. The Labute approximate surface area is 169 Å². The van der Waals surface area contributed by atoms with E-state index in [-0.39, 0.29) is 24.3 Å². The van der Waals surface area contributed by atoms with Gasteiger partial charge in [0, 0.05) is 12.8 Å². The number of aromatic hydroxyl groups is 2. The Morgan fingerprint density at radius 1 is 0.724 bits per heavy atom. The second kappa shape index (κ2) is 8.96. The highest BCUT2D eigenvalue weighted by molar-refractivity contribution is 5.76. The first-order chi connectivity index (χ1) is 13.5. The van der Waals surface area contributed by atoms with Crippen LogP contribution in [0.2, 0.25) is 0 Å². The first-order valence-electron chi connectivity index (χ1n) is 9.18. The summed E-state index contributed by atoms with van der Waals surface area (Å²) in [5.41, 5.74) is 3.68. The molecule has 0 spiro atoms. The Morgan fingerprint density at radius 3 is 1.24 bits per heavy atom. The minimum absolute atomic E-state index is 0.0330. The number of carbonyl (C=O) groups is 2. The molecule has 0 saturated heterocycles. The topological polar surface area (TPSA) is 124 Å². The van der Waals surface area contributed by atoms with E-state index in [0.717, 1.165) is 0 Å². The molecule has 0 radical (unpaired) electrons. The van der Waals surface area contributed by atoms with E-state index in [1.807, 2.05) is 0 Å². The molecule has 0 aromatic heterocycles. The van der Waals surface area contributed by atoms with Crippen molar-refractivity contribution in [2.24, 2.45) is 0 Å². The monoisotopic (exact) mass is 402 g/mol. The molecule has 2 atom stereocenters. The number of benzene rings is 2. The molecule has 156 valence electrons. The van der Waals surface area contributed by atoms with E-state index in [1.54, 1.807) is 52.0 Å². The molecular weight excluding hydrogens is 376 g/mol. The second-order valence-electron chi connectivity index (χ2n) is 7.35. The largest absolute Gasteiger partial charge is 0.507 e. The van der Waals surface area contributed by atoms with E-state index in [1.165, 1.54) is 0 Å². The molecule has 0 heterocycles. The fourth-order valence-electron chi connectivity index (χ4n) is 3.34. The van der Waals surface area contributed by atoms with Gasteiger partial charge in [-0.3, -0.25) is 0 Å². The molecule has 2 aromatic rings. The van der Waals surface area contributed by atoms with Gasteiger partial charge in [0.15, 0.2) is 12.2 Å². The van der Waals surface area contributed by atoms with Crippen molar-refractivity contribution in [1.29, 1.82) is 0 Å². The fourth-order valence-corrected chi connectivity index (χ4v) is 3.34. The average molecular weight is 402 g/mol. The normalized spacial score (nSPS) is 13.1. The Bertz CT molecular complexity index is 811. The molecule has 0 aliphatic rings. The van der Waals surface area contributed by atoms with Crippen molar-refractivity contribution in [2.75, 3.05) is 0 Å². The maximum atomic E-state index is 11.7. The van der Waals surface area contributed by atoms with Gasteiger partial charge in [0.25, 0.3) is 0 Å². The van der Waals surface area contributed by atoms with Crippen LogP contribution in [-0.2, 0) is 27.2 Å². The van der Waals surface area contributed by atoms with Crippen LogP contribution >= 0.6 is 0 Å². The number of aryl methyl sites for hydroxylation is 4. The van der Waals surface area contributed by atoms with Crippen LogP contribution in [0.25, 0.3) is 0 Å². The van der Waals surface area contributed by atoms with Gasteiger partial charge in [-0.2, -0.15) is 0 Å². The van der Waals surface area contributed by atoms with Crippen molar-refractivity contribution in [3.05, 3.63) is 57.6 Å². The van der Waals surface area contributed by atoms with Crippen molar-refractivity contribution in [2.45, 2.75) is 52.7 Å². The quantitative estimate of drug-likeness (QED) is 0.535. The summed E-state index contributed by atoms with van der Waals surface area (Å²) < 4.78 is 5.48. The summed E-state index contributed by atoms with van der Waals surface area (Å²) in [4.78, 5) is 23.4. The summed E-state index contributed by atoms with van der Waals surface area (Å²) in [6.45, 7) is 6.83. The van der Waals surface area contributed by atoms with Crippen LogP contribution in [0.3, 0.4) is 0 Å². The van der Waals surface area contributed by atoms with Gasteiger partial charge in [0.2, 0.25) is 0 Å². The molecule has 7 heteroatoms. The lowest BCUT2D eigenvalue weighted by molar-refractivity contribution is -0.165. The zero-order chi connectivity index (χ0) is 21.9. The molecule has 0 aliphatic carbocycles. The highest BCUT2D eigenvalue weighted by Crippen LogP contribution is 2.26. The molecule has 0 amide bonds. The van der Waals surface area contributed by atoms with Gasteiger partial charge >= 0.3 is 11.9 Å². The zero-order valence-electron chi connectivity index (χ0n) is 16.9. The van der Waals surface area contributed by atoms with Gasteiger partial charge in [-0.15, -0.1) is 0 Å². The van der Waals surface area contributed by atoms with Crippen LogP contribution in [0.4, 0.5) is 0 Å². The van der Waals surface area contributed by atoms with Crippen molar-refractivity contribution < 1.29 is 34.8 Å². The van der Waals surface area contributed by atoms with Gasteiger partial charge < -0.3 is 25.2 Å². The number of carboxylic acid groups (broad SMARTS) is 2. The minimum Gasteiger partial charge on any atom is -0.507 e. The second-order valence-corrected chi connectivity index (χ2v) is 7.35. The number of carboxylic acids is 2. The van der Waals surface area contributed by atoms with E-state index in [0.29, 0.717) is 33.4 Å². The number of hydrogen-bond acceptors (Lipinski definition) is 5. The van der Waals surface area contributed by atoms with Gasteiger partial charge in [0.05, 0.1) is 0 Å². The summed E-state index contributed by atoms with van der Waals surface area (Å²) >= 11 is 0. The van der Waals surface area contributed by atoms with E-state index in [9.17, 15) is 30.0 Å². The molecule has 2 unspecified atom stereocenters. The first kappa shape index (κ1) is 22.2. The lowest BCUT2D eigenvalue weighted by atomic mass is 10.00. The SMILES string of the molecule is Cc1cc(CC(OC(Cc2cc(C)c(O)c(C)c2)C(=O)O)C(=O)O)cc(C)c1O. The minimum atomic E-state index is -1.36. The number of hydrogen-bond donors (Lipinski definition) is 4. The van der Waals surface area contributed by atoms with E-state index in [4.69, 9.17) is 4.74 Å². The molecule has 0 fully saturated rings. The third kappa shape index (κ3) is 5.48. The summed E-state index contributed by atoms with van der Waals surface area (Å²) in [5, 5.41) is 38.9. The lowest BCUT2D eigenvalue weighted by Gasteiger charge is -2.21. The maximum absolute atomic E-state index is 11.7. The van der Waals surface area contributed by atoms with Crippen molar-refractivity contribution in [3.8, 4) is 11.5 Å². The zero-order valence-corrected chi connectivity index (χ0v) is 16.9. The van der Waals surface area contributed by atoms with Gasteiger partial charge in [-0.1, -0.05) is 24.3 Å². The Hall–Kier alpha value is -3.06. The molecule has 29 heavy (non-hydrogen) atoms. The first-order valence-corrected chi connectivity index (χ1v) is 9.18. The van der Waals surface area contributed by atoms with Gasteiger partial charge in [0.1, 0.15) is 11.5 Å². The molecule has 2 aromatic carbocycles. The van der Waals surface area contributed by atoms with Gasteiger partial charge in [-0.05, 0) is 61.1 Å². The Balaban J connectivity index is 2.24. The number of ether oxygens (including phenoxy) is 1. The van der Waals surface area contributed by atoms with Crippen LogP contribution in [0.1, 0.15) is 33.4 Å². The Kier molecular flexibility index (Phi) is 6.87. The number of aliphatic carboxylic acids is 2. The maximum Gasteiger partial charge on any atom is 0.333 e. The molecular formula is C22H26O7.